The van der Waals surface area contributed by atoms with E-state index >= 15 is 0 Å². The second kappa shape index (κ2) is 5.59. The Morgan fingerprint density at radius 2 is 2.22 bits per heavy atom. The van der Waals surface area contributed by atoms with Gasteiger partial charge in [-0.2, -0.15) is 11.8 Å². The second-order valence-corrected chi connectivity index (χ2v) is 6.93. The number of nitrogens with one attached hydrogen (secondary N) is 1. The maximum absolute atomic E-state index is 4.75. The largest absolute Gasteiger partial charge is 0.313 e. The average Bonchev–Trinajstić information content (AvgIpc) is 2.97. The Morgan fingerprint density at radius 3 is 3.06 bits per heavy atom. The summed E-state index contributed by atoms with van der Waals surface area (Å²) in [6, 6.07) is 9.12. The molecule has 1 N–H and O–H groups in total. The molecule has 1 aliphatic heterocycles. The summed E-state index contributed by atoms with van der Waals surface area (Å²) in [6.07, 6.45) is 1.13. The van der Waals surface area contributed by atoms with Crippen molar-refractivity contribution in [2.24, 2.45) is 5.92 Å². The molecule has 0 amide bonds. The molecule has 2 unspecified atom stereocenters. The number of hydrogen-bond donors (Lipinski definition) is 1. The number of thiazole rings is 1. The molecule has 1 aliphatic rings. The van der Waals surface area contributed by atoms with Crippen LogP contribution in [0.4, 0.5) is 0 Å². The summed E-state index contributed by atoms with van der Waals surface area (Å²) in [5.41, 5.74) is 1.16. The average molecular weight is 278 g/mol. The van der Waals surface area contributed by atoms with E-state index in [2.05, 4.69) is 48.3 Å². The third-order valence-corrected chi connectivity index (χ3v) is 5.76. The minimum atomic E-state index is 0.673. The Hall–Kier alpha value is -0.580. The minimum absolute atomic E-state index is 0.673. The Kier molecular flexibility index (Phi) is 3.87. The number of benzene rings is 1. The first kappa shape index (κ1) is 12.5. The molecular weight excluding hydrogens is 260 g/mol. The van der Waals surface area contributed by atoms with Crippen molar-refractivity contribution in [1.82, 2.24) is 10.3 Å². The van der Waals surface area contributed by atoms with Gasteiger partial charge in [0, 0.05) is 18.2 Å². The first-order valence-corrected chi connectivity index (χ1v) is 8.49. The molecule has 3 rings (SSSR count). The Balaban J connectivity index is 1.75. The third-order valence-electron chi connectivity index (χ3n) is 3.44. The van der Waals surface area contributed by atoms with Crippen molar-refractivity contribution in [3.63, 3.8) is 0 Å². The van der Waals surface area contributed by atoms with E-state index in [1.165, 1.54) is 21.2 Å². The number of hydrogen-bond acceptors (Lipinski definition) is 4. The molecule has 1 fully saturated rings. The van der Waals surface area contributed by atoms with Gasteiger partial charge in [0.15, 0.2) is 0 Å². The van der Waals surface area contributed by atoms with Crippen LogP contribution in [0.2, 0.25) is 0 Å². The van der Waals surface area contributed by atoms with Crippen LogP contribution in [-0.4, -0.2) is 29.1 Å². The van der Waals surface area contributed by atoms with Gasteiger partial charge in [-0.3, -0.25) is 0 Å². The van der Waals surface area contributed by atoms with Gasteiger partial charge >= 0.3 is 0 Å². The molecule has 1 aromatic heterocycles. The van der Waals surface area contributed by atoms with Crippen LogP contribution in [0.5, 0.6) is 0 Å². The lowest BCUT2D eigenvalue weighted by Crippen LogP contribution is -2.36. The van der Waals surface area contributed by atoms with Gasteiger partial charge in [-0.15, -0.1) is 11.3 Å². The minimum Gasteiger partial charge on any atom is -0.313 e. The molecule has 1 aromatic carbocycles. The molecule has 2 atom stereocenters. The monoisotopic (exact) mass is 278 g/mol. The van der Waals surface area contributed by atoms with E-state index in [1.807, 2.05) is 11.3 Å². The molecule has 0 radical (unpaired) electrons. The summed E-state index contributed by atoms with van der Waals surface area (Å²) >= 11 is 3.93. The lowest BCUT2D eigenvalue weighted by atomic mass is 10.0. The van der Waals surface area contributed by atoms with Crippen LogP contribution in [0.1, 0.15) is 11.9 Å². The molecule has 18 heavy (non-hydrogen) atoms. The van der Waals surface area contributed by atoms with Gasteiger partial charge in [0.05, 0.1) is 15.2 Å². The van der Waals surface area contributed by atoms with Gasteiger partial charge in [-0.05, 0) is 30.3 Å². The summed E-state index contributed by atoms with van der Waals surface area (Å²) in [7, 11) is 0. The van der Waals surface area contributed by atoms with E-state index in [4.69, 9.17) is 4.98 Å². The highest BCUT2D eigenvalue weighted by atomic mass is 32.2. The lowest BCUT2D eigenvalue weighted by molar-refractivity contribution is 0.433. The van der Waals surface area contributed by atoms with Gasteiger partial charge in [0.25, 0.3) is 0 Å². The standard InChI is InChI=1S/C14H18N2S2/c1-2-15-12-9-17-8-10(12)7-14-16-11-5-3-4-6-13(11)18-14/h3-6,10,12,15H,2,7-9H2,1H3. The zero-order valence-corrected chi connectivity index (χ0v) is 12.2. The quantitative estimate of drug-likeness (QED) is 0.930. The molecule has 4 heteroatoms. The van der Waals surface area contributed by atoms with E-state index in [9.17, 15) is 0 Å². The topological polar surface area (TPSA) is 24.9 Å². The van der Waals surface area contributed by atoms with Crippen molar-refractivity contribution in [1.29, 1.82) is 0 Å². The highest BCUT2D eigenvalue weighted by Crippen LogP contribution is 2.30. The summed E-state index contributed by atoms with van der Waals surface area (Å²) in [5, 5.41) is 4.90. The van der Waals surface area contributed by atoms with Crippen molar-refractivity contribution < 1.29 is 0 Å². The first-order valence-electron chi connectivity index (χ1n) is 6.52. The van der Waals surface area contributed by atoms with Crippen LogP contribution in [0, 0.1) is 5.92 Å². The van der Waals surface area contributed by atoms with Crippen LogP contribution >= 0.6 is 23.1 Å². The smallest absolute Gasteiger partial charge is 0.0942 e. The highest BCUT2D eigenvalue weighted by Gasteiger charge is 2.27. The molecule has 2 nitrogen and oxygen atoms in total. The lowest BCUT2D eigenvalue weighted by Gasteiger charge is -2.18. The summed E-state index contributed by atoms with van der Waals surface area (Å²) in [4.78, 5) is 4.75. The SMILES string of the molecule is CCNC1CSCC1Cc1nc2ccccc2s1. The molecule has 0 spiro atoms. The van der Waals surface area contributed by atoms with Gasteiger partial charge in [-0.25, -0.2) is 4.98 Å². The van der Waals surface area contributed by atoms with Crippen LogP contribution in [0.3, 0.4) is 0 Å². The van der Waals surface area contributed by atoms with Crippen molar-refractivity contribution in [2.75, 3.05) is 18.1 Å². The maximum Gasteiger partial charge on any atom is 0.0942 e. The molecule has 0 saturated carbocycles. The fourth-order valence-corrected chi connectivity index (χ4v) is 5.01. The second-order valence-electron chi connectivity index (χ2n) is 4.74. The van der Waals surface area contributed by atoms with Gasteiger partial charge in [-0.1, -0.05) is 19.1 Å². The van der Waals surface area contributed by atoms with Gasteiger partial charge < -0.3 is 5.32 Å². The van der Waals surface area contributed by atoms with E-state index < -0.39 is 0 Å². The summed E-state index contributed by atoms with van der Waals surface area (Å²) in [6.45, 7) is 3.26. The number of fused-ring (bicyclic) bond motifs is 1. The molecule has 1 saturated heterocycles. The molecule has 2 aromatic rings. The fraction of sp³-hybridized carbons (Fsp3) is 0.500. The molecular formula is C14H18N2S2. The van der Waals surface area contributed by atoms with Crippen LogP contribution in [0.15, 0.2) is 24.3 Å². The van der Waals surface area contributed by atoms with Gasteiger partial charge in [0.1, 0.15) is 0 Å². The predicted octanol–water partition coefficient (Wildman–Crippen LogP) is 3.18. The van der Waals surface area contributed by atoms with E-state index in [0.717, 1.165) is 24.4 Å². The van der Waals surface area contributed by atoms with Crippen LogP contribution in [-0.2, 0) is 6.42 Å². The zero-order valence-electron chi connectivity index (χ0n) is 10.6. The van der Waals surface area contributed by atoms with Crippen molar-refractivity contribution in [3.05, 3.63) is 29.3 Å². The molecule has 0 bridgehead atoms. The third kappa shape index (κ3) is 2.56. The fourth-order valence-electron chi connectivity index (χ4n) is 2.52. The number of aromatic nitrogens is 1. The van der Waals surface area contributed by atoms with Crippen molar-refractivity contribution in [3.8, 4) is 0 Å². The number of nitrogens with zero attached hydrogens (tertiary/aromatic N) is 1. The first-order chi connectivity index (χ1) is 8.86. The van der Waals surface area contributed by atoms with E-state index in [1.54, 1.807) is 0 Å². The molecule has 0 aliphatic carbocycles. The Labute approximate surface area is 116 Å². The Morgan fingerprint density at radius 1 is 1.33 bits per heavy atom. The van der Waals surface area contributed by atoms with Crippen LogP contribution in [0.25, 0.3) is 10.2 Å². The van der Waals surface area contributed by atoms with E-state index in [-0.39, 0.29) is 0 Å². The van der Waals surface area contributed by atoms with Crippen molar-refractivity contribution in [2.45, 2.75) is 19.4 Å². The summed E-state index contributed by atoms with van der Waals surface area (Å²) < 4.78 is 1.32. The number of para-hydroxylation sites is 1. The maximum atomic E-state index is 4.75. The predicted molar refractivity (Wildman–Crippen MR) is 81.6 cm³/mol. The molecule has 96 valence electrons. The van der Waals surface area contributed by atoms with Crippen LogP contribution < -0.4 is 5.32 Å². The molecule has 2 heterocycles. The normalized spacial score (nSPS) is 23.8. The number of rotatable bonds is 4. The highest BCUT2D eigenvalue weighted by molar-refractivity contribution is 7.99. The van der Waals surface area contributed by atoms with Gasteiger partial charge in [0.2, 0.25) is 0 Å². The van der Waals surface area contributed by atoms with E-state index in [0.29, 0.717) is 6.04 Å². The Bertz CT molecular complexity index is 490. The van der Waals surface area contributed by atoms with Crippen molar-refractivity contribution >= 4 is 33.3 Å². The zero-order chi connectivity index (χ0) is 12.4. The summed E-state index contributed by atoms with van der Waals surface area (Å²) in [5.74, 6) is 3.27. The number of thioether (sulfide) groups is 1.